The number of alkyl halides is 4. The molecule has 3 atom stereocenters. The van der Waals surface area contributed by atoms with Crippen LogP contribution in [0.15, 0.2) is 53.7 Å². The molecular weight excluding hydrogens is 400 g/mol. The number of nitrogens with one attached hydrogen (secondary N) is 1. The van der Waals surface area contributed by atoms with Crippen molar-refractivity contribution in [1.29, 1.82) is 0 Å². The van der Waals surface area contributed by atoms with Gasteiger partial charge in [-0.15, -0.1) is 0 Å². The molecule has 1 fully saturated rings. The van der Waals surface area contributed by atoms with Crippen molar-refractivity contribution in [3.05, 3.63) is 75.7 Å². The smallest absolute Gasteiger partial charge is 0.372 e. The van der Waals surface area contributed by atoms with Crippen LogP contribution in [-0.4, -0.2) is 19.2 Å². The molecule has 8 heteroatoms. The van der Waals surface area contributed by atoms with Gasteiger partial charge in [-0.2, -0.15) is 18.1 Å². The molecule has 30 heavy (non-hydrogen) atoms. The quantitative estimate of drug-likeness (QED) is 0.461. The van der Waals surface area contributed by atoms with Crippen molar-refractivity contribution in [3.8, 4) is 0 Å². The number of nitroso groups, excluding NO2 is 1. The summed E-state index contributed by atoms with van der Waals surface area (Å²) in [6, 6.07) is 12.5. The van der Waals surface area contributed by atoms with E-state index in [1.54, 1.807) is 6.92 Å². The van der Waals surface area contributed by atoms with Crippen LogP contribution in [0, 0.1) is 4.91 Å². The highest BCUT2D eigenvalue weighted by Gasteiger charge is 2.38. The third-order valence-electron chi connectivity index (χ3n) is 5.60. The monoisotopic (exact) mass is 424 g/mol. The second-order valence-corrected chi connectivity index (χ2v) is 7.67. The molecule has 1 N–H and O–H groups in total. The van der Waals surface area contributed by atoms with Crippen LogP contribution in [0.2, 0.25) is 0 Å². The Morgan fingerprint density at radius 3 is 2.53 bits per heavy atom. The number of hydrogen-bond acceptors (Lipinski definition) is 4. The molecule has 2 aromatic rings. The Morgan fingerprint density at radius 2 is 1.97 bits per heavy atom. The van der Waals surface area contributed by atoms with E-state index in [0.29, 0.717) is 19.4 Å². The summed E-state index contributed by atoms with van der Waals surface area (Å²) in [5, 5.41) is 6.46. The molecule has 0 amide bonds. The Morgan fingerprint density at radius 1 is 1.23 bits per heavy atom. The Bertz CT molecular complexity index is 850. The lowest BCUT2D eigenvalue weighted by molar-refractivity contribution is -0.137. The van der Waals surface area contributed by atoms with Crippen LogP contribution >= 0.6 is 0 Å². The van der Waals surface area contributed by atoms with E-state index in [0.717, 1.165) is 17.7 Å². The Balaban J connectivity index is 1.81. The highest BCUT2D eigenvalue weighted by atomic mass is 19.4. The van der Waals surface area contributed by atoms with Crippen molar-refractivity contribution in [3.63, 3.8) is 0 Å². The standard InChI is InChI=1S/C22H24F4N2O2/c1-15(17-9-16(12-23)10-19(11-17)22(24,25)26)30-14-21(18-5-3-2-4-6-18)8-7-20(28-29)13-27-21/h2-6,9-11,15,20,27H,7-8,12-14H2,1H3/t15-,20?,21-/m1/s1. The minimum atomic E-state index is -4.56. The minimum Gasteiger partial charge on any atom is -0.372 e. The zero-order chi connectivity index (χ0) is 21.8. The molecule has 4 nitrogen and oxygen atoms in total. The van der Waals surface area contributed by atoms with Crippen LogP contribution in [0.25, 0.3) is 0 Å². The molecule has 3 rings (SSSR count). The van der Waals surface area contributed by atoms with Crippen molar-refractivity contribution in [1.82, 2.24) is 5.32 Å². The van der Waals surface area contributed by atoms with Crippen molar-refractivity contribution in [2.75, 3.05) is 13.2 Å². The summed E-state index contributed by atoms with van der Waals surface area (Å²) in [5.74, 6) is 0. The molecule has 1 heterocycles. The van der Waals surface area contributed by atoms with Gasteiger partial charge >= 0.3 is 6.18 Å². The van der Waals surface area contributed by atoms with Crippen LogP contribution in [0.5, 0.6) is 0 Å². The van der Waals surface area contributed by atoms with Gasteiger partial charge < -0.3 is 10.1 Å². The van der Waals surface area contributed by atoms with E-state index in [9.17, 15) is 22.5 Å². The highest BCUT2D eigenvalue weighted by Crippen LogP contribution is 2.35. The fraction of sp³-hybridized carbons (Fsp3) is 0.455. The lowest BCUT2D eigenvalue weighted by Gasteiger charge is -2.40. The first-order valence-electron chi connectivity index (χ1n) is 9.79. The summed E-state index contributed by atoms with van der Waals surface area (Å²) in [4.78, 5) is 10.9. The van der Waals surface area contributed by atoms with Crippen LogP contribution in [-0.2, 0) is 23.1 Å². The molecule has 0 aliphatic carbocycles. The number of hydrogen-bond donors (Lipinski definition) is 1. The largest absolute Gasteiger partial charge is 0.416 e. The first-order valence-corrected chi connectivity index (χ1v) is 9.79. The second kappa shape index (κ2) is 9.22. The molecule has 0 spiro atoms. The van der Waals surface area contributed by atoms with Gasteiger partial charge in [0.15, 0.2) is 0 Å². The molecular formula is C22H24F4N2O2. The van der Waals surface area contributed by atoms with Crippen molar-refractivity contribution >= 4 is 0 Å². The van der Waals surface area contributed by atoms with Crippen LogP contribution in [0.3, 0.4) is 0 Å². The fourth-order valence-corrected chi connectivity index (χ4v) is 3.77. The van der Waals surface area contributed by atoms with E-state index < -0.39 is 30.1 Å². The Labute approximate surface area is 172 Å². The van der Waals surface area contributed by atoms with Gasteiger partial charge in [0.1, 0.15) is 12.7 Å². The number of nitrogens with zero attached hydrogens (tertiary/aromatic N) is 1. The van der Waals surface area contributed by atoms with Gasteiger partial charge in [0.2, 0.25) is 0 Å². The summed E-state index contributed by atoms with van der Waals surface area (Å²) in [6.07, 6.45) is -4.06. The Hall–Kier alpha value is -2.32. The van der Waals surface area contributed by atoms with Gasteiger partial charge in [0.05, 0.1) is 23.8 Å². The second-order valence-electron chi connectivity index (χ2n) is 7.67. The zero-order valence-electron chi connectivity index (χ0n) is 16.6. The number of benzene rings is 2. The third-order valence-corrected chi connectivity index (χ3v) is 5.60. The van der Waals surface area contributed by atoms with Gasteiger partial charge in [0, 0.05) is 6.54 Å². The topological polar surface area (TPSA) is 50.7 Å². The first-order chi connectivity index (χ1) is 14.3. The minimum absolute atomic E-state index is 0.0382. The molecule has 1 aliphatic heterocycles. The van der Waals surface area contributed by atoms with E-state index in [1.807, 2.05) is 30.3 Å². The highest BCUT2D eigenvalue weighted by molar-refractivity contribution is 5.33. The van der Waals surface area contributed by atoms with Crippen LogP contribution in [0.1, 0.15) is 48.1 Å². The SMILES string of the molecule is C[C@@H](OC[C@@]1(c2ccccc2)CCC(N=O)CN1)c1cc(CF)cc(C(F)(F)F)c1. The maximum atomic E-state index is 13.2. The number of ether oxygens (including phenoxy) is 1. The molecule has 2 aromatic carbocycles. The molecule has 1 unspecified atom stereocenters. The van der Waals surface area contributed by atoms with E-state index in [4.69, 9.17) is 4.74 Å². The molecule has 1 saturated heterocycles. The lowest BCUT2D eigenvalue weighted by Crippen LogP contribution is -2.53. The number of piperidine rings is 1. The summed E-state index contributed by atoms with van der Waals surface area (Å²) < 4.78 is 58.6. The molecule has 0 radical (unpaired) electrons. The predicted octanol–water partition coefficient (Wildman–Crippen LogP) is 5.67. The molecule has 162 valence electrons. The van der Waals surface area contributed by atoms with E-state index >= 15 is 0 Å². The predicted molar refractivity (Wildman–Crippen MR) is 106 cm³/mol. The maximum Gasteiger partial charge on any atom is 0.416 e. The summed E-state index contributed by atoms with van der Waals surface area (Å²) in [6.45, 7) is 1.24. The molecule has 0 saturated carbocycles. The first kappa shape index (κ1) is 22.4. The average molecular weight is 424 g/mol. The van der Waals surface area contributed by atoms with E-state index in [-0.39, 0.29) is 23.8 Å². The van der Waals surface area contributed by atoms with Crippen LogP contribution in [0.4, 0.5) is 17.6 Å². The van der Waals surface area contributed by atoms with Crippen molar-refractivity contribution in [2.45, 2.75) is 50.3 Å². The molecule has 0 aromatic heterocycles. The van der Waals surface area contributed by atoms with Gasteiger partial charge in [-0.1, -0.05) is 41.6 Å². The lowest BCUT2D eigenvalue weighted by atomic mass is 9.81. The molecule has 0 bridgehead atoms. The summed E-state index contributed by atoms with van der Waals surface area (Å²) in [7, 11) is 0. The third kappa shape index (κ3) is 5.05. The normalized spacial score (nSPS) is 23.2. The summed E-state index contributed by atoms with van der Waals surface area (Å²) in [5.41, 5.74) is -0.277. The zero-order valence-corrected chi connectivity index (χ0v) is 16.6. The average Bonchev–Trinajstić information content (AvgIpc) is 2.77. The number of rotatable bonds is 7. The van der Waals surface area contributed by atoms with Gasteiger partial charge in [0.25, 0.3) is 0 Å². The van der Waals surface area contributed by atoms with E-state index in [1.165, 1.54) is 6.07 Å². The number of halogens is 4. The maximum absolute atomic E-state index is 13.2. The van der Waals surface area contributed by atoms with Crippen LogP contribution < -0.4 is 5.32 Å². The summed E-state index contributed by atoms with van der Waals surface area (Å²) >= 11 is 0. The van der Waals surface area contributed by atoms with Gasteiger partial charge in [-0.05, 0) is 48.6 Å². The van der Waals surface area contributed by atoms with E-state index in [2.05, 4.69) is 10.5 Å². The van der Waals surface area contributed by atoms with Crippen molar-refractivity contribution in [2.24, 2.45) is 5.18 Å². The molecule has 1 aliphatic rings. The van der Waals surface area contributed by atoms with Gasteiger partial charge in [-0.3, -0.25) is 0 Å². The Kier molecular flexibility index (Phi) is 6.88. The fourth-order valence-electron chi connectivity index (χ4n) is 3.77. The van der Waals surface area contributed by atoms with Gasteiger partial charge in [-0.25, -0.2) is 4.39 Å². The van der Waals surface area contributed by atoms with Crippen molar-refractivity contribution < 1.29 is 22.3 Å².